The van der Waals surface area contributed by atoms with Crippen molar-refractivity contribution in [2.24, 2.45) is 0 Å². The van der Waals surface area contributed by atoms with Crippen molar-refractivity contribution in [3.63, 3.8) is 0 Å². The van der Waals surface area contributed by atoms with Crippen molar-refractivity contribution >= 4 is 22.8 Å². The largest absolute Gasteiger partial charge is 0.417 e. The molecule has 1 atom stereocenters. The number of alkyl halides is 3. The van der Waals surface area contributed by atoms with E-state index in [-0.39, 0.29) is 41.4 Å². The zero-order valence-electron chi connectivity index (χ0n) is 17.1. The molecule has 11 heteroatoms. The molecule has 170 valence electrons. The number of nitrogens with one attached hydrogen (secondary N) is 1. The molecule has 2 aliphatic heterocycles. The highest BCUT2D eigenvalue weighted by atomic mass is 19.4. The van der Waals surface area contributed by atoms with E-state index in [1.807, 2.05) is 0 Å². The zero-order chi connectivity index (χ0) is 22.0. The van der Waals surface area contributed by atoms with Gasteiger partial charge in [0.05, 0.1) is 23.7 Å². The number of hydrogen-bond acceptors (Lipinski definition) is 6. The van der Waals surface area contributed by atoms with Gasteiger partial charge in [-0.1, -0.05) is 0 Å². The molecule has 0 radical (unpaired) electrons. The predicted molar refractivity (Wildman–Crippen MR) is 106 cm³/mol. The normalized spacial score (nSPS) is 21.0. The Morgan fingerprint density at radius 1 is 1.29 bits per heavy atom. The average Bonchev–Trinajstić information content (AvgIpc) is 3.14. The Morgan fingerprint density at radius 2 is 2.06 bits per heavy atom. The fraction of sp³-hybridized carbons (Fsp3) is 0.650. The van der Waals surface area contributed by atoms with Gasteiger partial charge < -0.3 is 20.1 Å². The monoisotopic (exact) mass is 441 g/mol. The number of anilines is 1. The third-order valence-electron chi connectivity index (χ3n) is 5.95. The SMILES string of the molecule is Nc1[nH]nc2nc(C3CCN(C(=O)COCC4CCCCO4)CC3)cc(C(F)(F)F)c12. The van der Waals surface area contributed by atoms with Gasteiger partial charge in [0, 0.05) is 31.3 Å². The first-order valence-electron chi connectivity index (χ1n) is 10.5. The van der Waals surface area contributed by atoms with Crippen LogP contribution >= 0.6 is 0 Å². The van der Waals surface area contributed by atoms with Crippen molar-refractivity contribution in [1.29, 1.82) is 0 Å². The summed E-state index contributed by atoms with van der Waals surface area (Å²) in [5.41, 5.74) is 5.06. The molecule has 2 aliphatic rings. The molecule has 8 nitrogen and oxygen atoms in total. The highest BCUT2D eigenvalue weighted by molar-refractivity contribution is 5.89. The molecule has 4 rings (SSSR count). The summed E-state index contributed by atoms with van der Waals surface area (Å²) in [6, 6.07) is 1.06. The van der Waals surface area contributed by atoms with Gasteiger partial charge in [0.15, 0.2) is 5.65 Å². The Morgan fingerprint density at radius 3 is 2.74 bits per heavy atom. The molecule has 0 bridgehead atoms. The third kappa shape index (κ3) is 4.93. The van der Waals surface area contributed by atoms with Crippen molar-refractivity contribution in [2.75, 3.05) is 38.6 Å². The van der Waals surface area contributed by atoms with Crippen LogP contribution in [0.2, 0.25) is 0 Å². The number of rotatable bonds is 5. The third-order valence-corrected chi connectivity index (χ3v) is 5.95. The van der Waals surface area contributed by atoms with Crippen LogP contribution in [0.25, 0.3) is 11.0 Å². The molecule has 1 unspecified atom stereocenters. The van der Waals surface area contributed by atoms with E-state index < -0.39 is 11.7 Å². The van der Waals surface area contributed by atoms with Crippen molar-refractivity contribution < 1.29 is 27.4 Å². The molecule has 0 spiro atoms. The molecule has 2 aromatic heterocycles. The molecule has 0 saturated carbocycles. The smallest absolute Gasteiger partial charge is 0.383 e. The van der Waals surface area contributed by atoms with E-state index in [1.54, 1.807) is 4.90 Å². The minimum atomic E-state index is -4.57. The number of pyridine rings is 1. The second-order valence-corrected chi connectivity index (χ2v) is 8.09. The summed E-state index contributed by atoms with van der Waals surface area (Å²) in [5.74, 6) is -0.460. The number of amides is 1. The highest BCUT2D eigenvalue weighted by Gasteiger charge is 2.36. The molecular formula is C20H26F3N5O3. The van der Waals surface area contributed by atoms with E-state index in [2.05, 4.69) is 15.2 Å². The van der Waals surface area contributed by atoms with Crippen molar-refractivity contribution in [1.82, 2.24) is 20.1 Å². The minimum Gasteiger partial charge on any atom is -0.383 e. The number of halogens is 3. The second-order valence-electron chi connectivity index (χ2n) is 8.09. The fourth-order valence-electron chi connectivity index (χ4n) is 4.23. The summed E-state index contributed by atoms with van der Waals surface area (Å²) in [5, 5.41) is 5.98. The molecule has 0 aliphatic carbocycles. The van der Waals surface area contributed by atoms with E-state index in [4.69, 9.17) is 15.2 Å². The number of likely N-dealkylation sites (tertiary alicyclic amines) is 1. The molecule has 2 fully saturated rings. The number of ether oxygens (including phenoxy) is 2. The van der Waals surface area contributed by atoms with Crippen LogP contribution in [0.15, 0.2) is 6.07 Å². The lowest BCUT2D eigenvalue weighted by Crippen LogP contribution is -2.40. The van der Waals surface area contributed by atoms with Crippen LogP contribution in [-0.4, -0.2) is 65.0 Å². The number of fused-ring (bicyclic) bond motifs is 1. The molecule has 1 amide bonds. The van der Waals surface area contributed by atoms with Crippen molar-refractivity contribution in [3.8, 4) is 0 Å². The van der Waals surface area contributed by atoms with Gasteiger partial charge in [0.25, 0.3) is 0 Å². The number of piperidine rings is 1. The average molecular weight is 441 g/mol. The number of nitrogen functional groups attached to an aromatic ring is 1. The number of nitrogens with zero attached hydrogens (tertiary/aromatic N) is 3. The number of aromatic nitrogens is 3. The second kappa shape index (κ2) is 8.99. The summed E-state index contributed by atoms with van der Waals surface area (Å²) in [7, 11) is 0. The summed E-state index contributed by atoms with van der Waals surface area (Å²) < 4.78 is 51.7. The Labute approximate surface area is 177 Å². The first-order chi connectivity index (χ1) is 14.8. The number of aromatic amines is 1. The van der Waals surface area contributed by atoms with Crippen molar-refractivity contribution in [3.05, 3.63) is 17.3 Å². The number of carbonyl (C=O) groups is 1. The van der Waals surface area contributed by atoms with E-state index in [9.17, 15) is 18.0 Å². The molecule has 31 heavy (non-hydrogen) atoms. The quantitative estimate of drug-likeness (QED) is 0.739. The molecule has 3 N–H and O–H groups in total. The number of H-pyrrole nitrogens is 1. The van der Waals surface area contributed by atoms with Gasteiger partial charge in [-0.2, -0.15) is 18.3 Å². The van der Waals surface area contributed by atoms with Crippen LogP contribution in [0, 0.1) is 0 Å². The maximum absolute atomic E-state index is 13.5. The number of carbonyl (C=O) groups excluding carboxylic acids is 1. The fourth-order valence-corrected chi connectivity index (χ4v) is 4.23. The van der Waals surface area contributed by atoms with Crippen LogP contribution in [-0.2, 0) is 20.4 Å². The van der Waals surface area contributed by atoms with Gasteiger partial charge in [0.1, 0.15) is 12.4 Å². The van der Waals surface area contributed by atoms with E-state index in [0.29, 0.717) is 38.2 Å². The van der Waals surface area contributed by atoms with Gasteiger partial charge in [-0.05, 0) is 38.2 Å². The Balaban J connectivity index is 1.35. The van der Waals surface area contributed by atoms with Gasteiger partial charge in [-0.3, -0.25) is 9.89 Å². The Hall–Kier alpha value is -2.40. The minimum absolute atomic E-state index is 0.0144. The first kappa shape index (κ1) is 21.8. The summed E-state index contributed by atoms with van der Waals surface area (Å²) in [4.78, 5) is 18.4. The van der Waals surface area contributed by atoms with Crippen molar-refractivity contribution in [2.45, 2.75) is 50.3 Å². The number of hydrogen-bond donors (Lipinski definition) is 2. The van der Waals surface area contributed by atoms with Crippen LogP contribution in [0.5, 0.6) is 0 Å². The van der Waals surface area contributed by atoms with Crippen LogP contribution < -0.4 is 5.73 Å². The topological polar surface area (TPSA) is 106 Å². The Kier molecular flexibility index (Phi) is 6.33. The predicted octanol–water partition coefficient (Wildman–Crippen LogP) is 2.85. The molecule has 0 aromatic carbocycles. The maximum atomic E-state index is 13.5. The van der Waals surface area contributed by atoms with E-state index in [0.717, 1.165) is 31.9 Å². The van der Waals surface area contributed by atoms with Gasteiger partial charge in [0.2, 0.25) is 5.91 Å². The van der Waals surface area contributed by atoms with Crippen LogP contribution in [0.1, 0.15) is 49.3 Å². The van der Waals surface area contributed by atoms with Crippen LogP contribution in [0.3, 0.4) is 0 Å². The zero-order valence-corrected chi connectivity index (χ0v) is 17.1. The highest BCUT2D eigenvalue weighted by Crippen LogP contribution is 2.39. The summed E-state index contributed by atoms with van der Waals surface area (Å²) in [6.45, 7) is 2.00. The first-order valence-corrected chi connectivity index (χ1v) is 10.5. The van der Waals surface area contributed by atoms with E-state index >= 15 is 0 Å². The van der Waals surface area contributed by atoms with Gasteiger partial charge >= 0.3 is 6.18 Å². The maximum Gasteiger partial charge on any atom is 0.417 e. The molecule has 4 heterocycles. The molecule has 2 saturated heterocycles. The Bertz CT molecular complexity index is 919. The summed E-state index contributed by atoms with van der Waals surface area (Å²) in [6.07, 6.45) is -0.365. The standard InChI is InChI=1S/C20H26F3N5O3/c21-20(22,23)14-9-15(25-19-17(14)18(24)26-27-19)12-4-6-28(7-5-12)16(29)11-30-10-13-3-1-2-8-31-13/h9,12-13H,1-8,10-11H2,(H3,24,25,26,27). The molecule has 2 aromatic rings. The lowest BCUT2D eigenvalue weighted by molar-refractivity contribution is -0.139. The van der Waals surface area contributed by atoms with Gasteiger partial charge in [-0.25, -0.2) is 4.98 Å². The van der Waals surface area contributed by atoms with Gasteiger partial charge in [-0.15, -0.1) is 0 Å². The summed E-state index contributed by atoms with van der Waals surface area (Å²) >= 11 is 0. The molecular weight excluding hydrogens is 415 g/mol. The lowest BCUT2D eigenvalue weighted by atomic mass is 9.91. The number of nitrogens with two attached hydrogens (primary N) is 1. The van der Waals surface area contributed by atoms with Crippen LogP contribution in [0.4, 0.5) is 19.0 Å². The van der Waals surface area contributed by atoms with E-state index in [1.165, 1.54) is 0 Å². The lowest BCUT2D eigenvalue weighted by Gasteiger charge is -2.32.